The first kappa shape index (κ1) is 21.5. The molecule has 0 aliphatic rings. The van der Waals surface area contributed by atoms with Crippen molar-refractivity contribution in [3.8, 4) is 27.9 Å². The molecule has 0 unspecified atom stereocenters. The van der Waals surface area contributed by atoms with Crippen LogP contribution >= 0.6 is 0 Å². The van der Waals surface area contributed by atoms with Crippen molar-refractivity contribution in [1.29, 1.82) is 0 Å². The Morgan fingerprint density at radius 1 is 0.541 bits per heavy atom. The molecule has 0 atom stereocenters. The first-order valence-electron chi connectivity index (χ1n) is 12.1. The molecular formula is C33H20F2N2. The molecule has 4 heteroatoms. The molecule has 0 aliphatic carbocycles. The van der Waals surface area contributed by atoms with E-state index in [0.29, 0.717) is 0 Å². The van der Waals surface area contributed by atoms with E-state index in [-0.39, 0.29) is 11.6 Å². The van der Waals surface area contributed by atoms with E-state index < -0.39 is 0 Å². The van der Waals surface area contributed by atoms with Crippen molar-refractivity contribution in [3.63, 3.8) is 0 Å². The van der Waals surface area contributed by atoms with Crippen LogP contribution in [0.25, 0.3) is 60.5 Å². The molecule has 176 valence electrons. The molecule has 0 aliphatic heterocycles. The van der Waals surface area contributed by atoms with Crippen LogP contribution in [-0.4, -0.2) is 9.55 Å². The number of benzene rings is 5. The third-order valence-corrected chi connectivity index (χ3v) is 6.99. The number of pyridine rings is 1. The molecule has 7 aromatic rings. The van der Waals surface area contributed by atoms with Crippen LogP contribution in [0.1, 0.15) is 0 Å². The summed E-state index contributed by atoms with van der Waals surface area (Å²) in [5.41, 5.74) is 6.77. The molecule has 0 amide bonds. The van der Waals surface area contributed by atoms with E-state index >= 15 is 0 Å². The zero-order chi connectivity index (χ0) is 24.9. The van der Waals surface area contributed by atoms with Gasteiger partial charge in [-0.2, -0.15) is 0 Å². The van der Waals surface area contributed by atoms with Gasteiger partial charge in [-0.1, -0.05) is 54.6 Å². The smallest absolute Gasteiger partial charge is 0.123 e. The average molecular weight is 483 g/mol. The SMILES string of the molecule is Fc1ccc(-c2cc(-c3ccc(F)cc3)cc(-n3c4ccncc4c4c5ccccc5ccc43)c2)cc1. The second-order valence-electron chi connectivity index (χ2n) is 9.19. The summed E-state index contributed by atoms with van der Waals surface area (Å²) in [6.07, 6.45) is 3.73. The van der Waals surface area contributed by atoms with Gasteiger partial charge in [-0.25, -0.2) is 8.78 Å². The Morgan fingerprint density at radius 3 is 1.86 bits per heavy atom. The summed E-state index contributed by atoms with van der Waals surface area (Å²) in [5.74, 6) is -0.555. The van der Waals surface area contributed by atoms with Gasteiger partial charge >= 0.3 is 0 Å². The summed E-state index contributed by atoms with van der Waals surface area (Å²) in [6, 6.07) is 34.0. The van der Waals surface area contributed by atoms with Crippen LogP contribution < -0.4 is 0 Å². The minimum absolute atomic E-state index is 0.277. The van der Waals surface area contributed by atoms with Crippen molar-refractivity contribution in [2.45, 2.75) is 0 Å². The Kier molecular flexibility index (Phi) is 4.86. The summed E-state index contributed by atoms with van der Waals surface area (Å²) in [5, 5.41) is 4.57. The van der Waals surface area contributed by atoms with E-state index in [0.717, 1.165) is 49.7 Å². The van der Waals surface area contributed by atoms with Crippen molar-refractivity contribution in [3.05, 3.63) is 133 Å². The standard InChI is InChI=1S/C33H20F2N2/c34-26-10-5-21(6-11-26)24-17-25(22-7-12-27(35)13-8-22)19-28(18-24)37-31-15-16-36-20-30(31)33-29-4-2-1-3-23(29)9-14-32(33)37/h1-20H. The molecule has 2 aromatic heterocycles. The molecule has 0 saturated heterocycles. The van der Waals surface area contributed by atoms with E-state index in [4.69, 9.17) is 0 Å². The van der Waals surface area contributed by atoms with Crippen molar-refractivity contribution in [1.82, 2.24) is 9.55 Å². The Balaban J connectivity index is 1.57. The van der Waals surface area contributed by atoms with Crippen LogP contribution in [0.3, 0.4) is 0 Å². The molecule has 2 nitrogen and oxygen atoms in total. The lowest BCUT2D eigenvalue weighted by Crippen LogP contribution is -1.96. The van der Waals surface area contributed by atoms with E-state index in [1.165, 1.54) is 35.0 Å². The van der Waals surface area contributed by atoms with Gasteiger partial charge in [0, 0.05) is 28.9 Å². The van der Waals surface area contributed by atoms with Gasteiger partial charge in [0.2, 0.25) is 0 Å². The molecule has 37 heavy (non-hydrogen) atoms. The van der Waals surface area contributed by atoms with Gasteiger partial charge in [-0.15, -0.1) is 0 Å². The number of hydrogen-bond donors (Lipinski definition) is 0. The van der Waals surface area contributed by atoms with Crippen LogP contribution in [0.2, 0.25) is 0 Å². The summed E-state index contributed by atoms with van der Waals surface area (Å²) < 4.78 is 29.7. The molecular weight excluding hydrogens is 462 g/mol. The third kappa shape index (κ3) is 3.57. The highest BCUT2D eigenvalue weighted by Gasteiger charge is 2.16. The third-order valence-electron chi connectivity index (χ3n) is 6.99. The van der Waals surface area contributed by atoms with Crippen LogP contribution in [0.5, 0.6) is 0 Å². The van der Waals surface area contributed by atoms with Gasteiger partial charge in [-0.3, -0.25) is 4.98 Å². The Hall–Kier alpha value is -4.83. The maximum Gasteiger partial charge on any atom is 0.123 e. The zero-order valence-corrected chi connectivity index (χ0v) is 19.7. The van der Waals surface area contributed by atoms with Gasteiger partial charge in [0.25, 0.3) is 0 Å². The lowest BCUT2D eigenvalue weighted by Gasteiger charge is -2.14. The topological polar surface area (TPSA) is 17.8 Å². The van der Waals surface area contributed by atoms with Crippen LogP contribution in [0.4, 0.5) is 8.78 Å². The number of aromatic nitrogens is 2. The van der Waals surface area contributed by atoms with E-state index in [1.807, 2.05) is 24.5 Å². The van der Waals surface area contributed by atoms with Crippen LogP contribution in [0.15, 0.2) is 122 Å². The first-order valence-corrected chi connectivity index (χ1v) is 12.1. The molecule has 2 heterocycles. The van der Waals surface area contributed by atoms with Gasteiger partial charge in [0.15, 0.2) is 0 Å². The second-order valence-corrected chi connectivity index (χ2v) is 9.19. The van der Waals surface area contributed by atoms with Gasteiger partial charge < -0.3 is 4.57 Å². The van der Waals surface area contributed by atoms with Crippen LogP contribution in [-0.2, 0) is 0 Å². The molecule has 0 N–H and O–H groups in total. The van der Waals surface area contributed by atoms with Crippen molar-refractivity contribution in [2.75, 3.05) is 0 Å². The summed E-state index contributed by atoms with van der Waals surface area (Å²) in [4.78, 5) is 4.44. The number of hydrogen-bond acceptors (Lipinski definition) is 1. The molecule has 0 spiro atoms. The van der Waals surface area contributed by atoms with E-state index in [2.05, 4.69) is 58.1 Å². The Bertz CT molecular complexity index is 1870. The maximum atomic E-state index is 13.7. The van der Waals surface area contributed by atoms with Crippen molar-refractivity contribution in [2.24, 2.45) is 0 Å². The van der Waals surface area contributed by atoms with Gasteiger partial charge in [-0.05, 0) is 87.6 Å². The Morgan fingerprint density at radius 2 is 1.19 bits per heavy atom. The highest BCUT2D eigenvalue weighted by Crippen LogP contribution is 2.38. The number of halogens is 2. The number of nitrogens with zero attached hydrogens (tertiary/aromatic N) is 2. The monoisotopic (exact) mass is 482 g/mol. The largest absolute Gasteiger partial charge is 0.309 e. The van der Waals surface area contributed by atoms with Gasteiger partial charge in [0.05, 0.1) is 11.0 Å². The minimum atomic E-state index is -0.277. The van der Waals surface area contributed by atoms with Crippen LogP contribution in [0, 0.1) is 11.6 Å². The normalized spacial score (nSPS) is 11.5. The maximum absolute atomic E-state index is 13.7. The minimum Gasteiger partial charge on any atom is -0.309 e. The average Bonchev–Trinajstić information content (AvgIpc) is 3.28. The molecule has 0 bridgehead atoms. The van der Waals surface area contributed by atoms with E-state index in [9.17, 15) is 8.78 Å². The van der Waals surface area contributed by atoms with Gasteiger partial charge in [0.1, 0.15) is 11.6 Å². The van der Waals surface area contributed by atoms with Crippen molar-refractivity contribution < 1.29 is 8.78 Å². The Labute approximate surface area is 212 Å². The number of rotatable bonds is 3. The lowest BCUT2D eigenvalue weighted by molar-refractivity contribution is 0.627. The van der Waals surface area contributed by atoms with Crippen molar-refractivity contribution >= 4 is 32.6 Å². The predicted octanol–water partition coefficient (Wildman–Crippen LogP) is 8.94. The fourth-order valence-corrected chi connectivity index (χ4v) is 5.27. The zero-order valence-electron chi connectivity index (χ0n) is 19.7. The van der Waals surface area contributed by atoms with E-state index in [1.54, 1.807) is 24.3 Å². The molecule has 0 fully saturated rings. The molecule has 7 rings (SSSR count). The lowest BCUT2D eigenvalue weighted by atomic mass is 9.97. The number of fused-ring (bicyclic) bond motifs is 5. The summed E-state index contributed by atoms with van der Waals surface area (Å²) in [6.45, 7) is 0. The molecule has 5 aromatic carbocycles. The summed E-state index contributed by atoms with van der Waals surface area (Å²) in [7, 11) is 0. The molecule has 0 radical (unpaired) electrons. The highest BCUT2D eigenvalue weighted by molar-refractivity contribution is 6.21. The first-order chi connectivity index (χ1) is 18.2. The fourth-order valence-electron chi connectivity index (χ4n) is 5.27. The summed E-state index contributed by atoms with van der Waals surface area (Å²) >= 11 is 0. The molecule has 0 saturated carbocycles. The highest BCUT2D eigenvalue weighted by atomic mass is 19.1. The predicted molar refractivity (Wildman–Crippen MR) is 147 cm³/mol. The second kappa shape index (κ2) is 8.38. The quantitative estimate of drug-likeness (QED) is 0.246. The fraction of sp³-hybridized carbons (Fsp3) is 0.